The van der Waals surface area contributed by atoms with Gasteiger partial charge in [-0.15, -0.1) is 0 Å². The molecule has 0 saturated heterocycles. The summed E-state index contributed by atoms with van der Waals surface area (Å²) in [5.74, 6) is 2.17. The van der Waals surface area contributed by atoms with Gasteiger partial charge in [-0.3, -0.25) is 4.68 Å². The standard InChI is InChI=1S/C16H23N3O/c1-11-5-13-14(6-16(2,3)7-15(13)20-11)17-8-12-9-18-19(4)10-12/h5,9-10,14,17H,6-8H2,1-4H3. The van der Waals surface area contributed by atoms with Gasteiger partial charge in [0.25, 0.3) is 0 Å². The number of furan rings is 1. The van der Waals surface area contributed by atoms with Crippen LogP contribution in [-0.2, 0) is 20.0 Å². The lowest BCUT2D eigenvalue weighted by Gasteiger charge is -2.34. The Kier molecular flexibility index (Phi) is 3.21. The van der Waals surface area contributed by atoms with Gasteiger partial charge >= 0.3 is 0 Å². The molecule has 1 aliphatic rings. The average molecular weight is 273 g/mol. The molecule has 1 unspecified atom stereocenters. The molecule has 108 valence electrons. The van der Waals surface area contributed by atoms with Gasteiger partial charge in [0.05, 0.1) is 6.20 Å². The molecule has 20 heavy (non-hydrogen) atoms. The second-order valence-corrected chi connectivity index (χ2v) is 6.74. The Morgan fingerprint density at radius 1 is 1.50 bits per heavy atom. The Bertz CT molecular complexity index is 609. The Morgan fingerprint density at radius 3 is 3.00 bits per heavy atom. The predicted molar refractivity (Wildman–Crippen MR) is 78.3 cm³/mol. The lowest BCUT2D eigenvalue weighted by molar-refractivity contribution is 0.233. The normalized spacial score (nSPS) is 20.9. The molecule has 0 spiro atoms. The first-order valence-corrected chi connectivity index (χ1v) is 7.23. The summed E-state index contributed by atoms with van der Waals surface area (Å²) in [6, 6.07) is 2.55. The van der Waals surface area contributed by atoms with Gasteiger partial charge in [-0.25, -0.2) is 0 Å². The molecule has 0 bridgehead atoms. The van der Waals surface area contributed by atoms with Gasteiger partial charge in [0, 0.05) is 43.4 Å². The van der Waals surface area contributed by atoms with Gasteiger partial charge in [0.15, 0.2) is 0 Å². The van der Waals surface area contributed by atoms with Gasteiger partial charge in [-0.2, -0.15) is 5.10 Å². The number of nitrogens with one attached hydrogen (secondary N) is 1. The first kappa shape index (κ1) is 13.4. The molecule has 2 aromatic rings. The lowest BCUT2D eigenvalue weighted by Crippen LogP contribution is -2.32. The molecule has 1 N–H and O–H groups in total. The maximum Gasteiger partial charge on any atom is 0.109 e. The van der Waals surface area contributed by atoms with Crippen molar-refractivity contribution in [1.82, 2.24) is 15.1 Å². The molecule has 0 aromatic carbocycles. The first-order chi connectivity index (χ1) is 9.43. The second-order valence-electron chi connectivity index (χ2n) is 6.74. The monoisotopic (exact) mass is 273 g/mol. The van der Waals surface area contributed by atoms with Crippen LogP contribution in [0.1, 0.15) is 49.0 Å². The zero-order valence-corrected chi connectivity index (χ0v) is 12.7. The zero-order valence-electron chi connectivity index (χ0n) is 12.7. The number of nitrogens with zero attached hydrogens (tertiary/aromatic N) is 2. The van der Waals surface area contributed by atoms with Gasteiger partial charge in [0.1, 0.15) is 11.5 Å². The maximum absolute atomic E-state index is 5.87. The molecule has 0 aliphatic heterocycles. The lowest BCUT2D eigenvalue weighted by atomic mass is 9.74. The SMILES string of the molecule is Cc1cc2c(o1)CC(C)(C)CC2NCc1cnn(C)c1. The van der Waals surface area contributed by atoms with Crippen LogP contribution in [0.5, 0.6) is 0 Å². The molecule has 0 fully saturated rings. The van der Waals surface area contributed by atoms with Crippen molar-refractivity contribution in [2.24, 2.45) is 12.5 Å². The molecule has 4 nitrogen and oxygen atoms in total. The van der Waals surface area contributed by atoms with Crippen molar-refractivity contribution in [1.29, 1.82) is 0 Å². The fraction of sp³-hybridized carbons (Fsp3) is 0.562. The van der Waals surface area contributed by atoms with Crippen molar-refractivity contribution in [3.63, 3.8) is 0 Å². The third-order valence-corrected chi connectivity index (χ3v) is 4.05. The van der Waals surface area contributed by atoms with E-state index in [4.69, 9.17) is 4.42 Å². The van der Waals surface area contributed by atoms with E-state index >= 15 is 0 Å². The van der Waals surface area contributed by atoms with Crippen LogP contribution >= 0.6 is 0 Å². The smallest absolute Gasteiger partial charge is 0.109 e. The van der Waals surface area contributed by atoms with Crippen molar-refractivity contribution < 1.29 is 4.42 Å². The van der Waals surface area contributed by atoms with E-state index in [1.165, 1.54) is 11.1 Å². The van der Waals surface area contributed by atoms with Crippen molar-refractivity contribution in [3.8, 4) is 0 Å². The number of hydrogen-bond acceptors (Lipinski definition) is 3. The Balaban J connectivity index is 1.78. The molecular formula is C16H23N3O. The first-order valence-electron chi connectivity index (χ1n) is 7.23. The third-order valence-electron chi connectivity index (χ3n) is 4.05. The zero-order chi connectivity index (χ0) is 14.3. The highest BCUT2D eigenvalue weighted by Crippen LogP contribution is 2.42. The quantitative estimate of drug-likeness (QED) is 0.934. The molecule has 0 amide bonds. The molecule has 0 radical (unpaired) electrons. The Labute approximate surface area is 120 Å². The number of fused-ring (bicyclic) bond motifs is 1. The molecule has 2 aromatic heterocycles. The average Bonchev–Trinajstić information content (AvgIpc) is 2.90. The molecule has 4 heteroatoms. The van der Waals surface area contributed by atoms with Crippen molar-refractivity contribution in [2.45, 2.75) is 46.2 Å². The summed E-state index contributed by atoms with van der Waals surface area (Å²) in [6.45, 7) is 7.50. The van der Waals surface area contributed by atoms with E-state index in [-0.39, 0.29) is 5.41 Å². The van der Waals surface area contributed by atoms with Crippen molar-refractivity contribution in [2.75, 3.05) is 0 Å². The highest BCUT2D eigenvalue weighted by atomic mass is 16.3. The van der Waals surface area contributed by atoms with E-state index in [1.54, 1.807) is 0 Å². The number of rotatable bonds is 3. The molecular weight excluding hydrogens is 250 g/mol. The second kappa shape index (κ2) is 4.77. The van der Waals surface area contributed by atoms with Gasteiger partial charge < -0.3 is 9.73 Å². The van der Waals surface area contributed by atoms with Crippen LogP contribution in [0.4, 0.5) is 0 Å². The third kappa shape index (κ3) is 2.66. The van der Waals surface area contributed by atoms with E-state index in [9.17, 15) is 0 Å². The summed E-state index contributed by atoms with van der Waals surface area (Å²) in [5, 5.41) is 7.88. The summed E-state index contributed by atoms with van der Waals surface area (Å²) >= 11 is 0. The van der Waals surface area contributed by atoms with E-state index in [1.807, 2.05) is 24.9 Å². The Hall–Kier alpha value is -1.55. The summed E-state index contributed by atoms with van der Waals surface area (Å²) in [4.78, 5) is 0. The van der Waals surface area contributed by atoms with E-state index in [0.717, 1.165) is 30.9 Å². The summed E-state index contributed by atoms with van der Waals surface area (Å²) in [7, 11) is 1.95. The van der Waals surface area contributed by atoms with E-state index < -0.39 is 0 Å². The van der Waals surface area contributed by atoms with Crippen LogP contribution in [0.3, 0.4) is 0 Å². The van der Waals surface area contributed by atoms with E-state index in [0.29, 0.717) is 6.04 Å². The molecule has 1 aliphatic carbocycles. The van der Waals surface area contributed by atoms with Crippen LogP contribution < -0.4 is 5.32 Å². The highest BCUT2D eigenvalue weighted by molar-refractivity contribution is 5.29. The maximum atomic E-state index is 5.87. The van der Waals surface area contributed by atoms with Crippen LogP contribution in [0.15, 0.2) is 22.9 Å². The minimum Gasteiger partial charge on any atom is -0.466 e. The fourth-order valence-corrected chi connectivity index (χ4v) is 3.17. The fourth-order valence-electron chi connectivity index (χ4n) is 3.17. The minimum absolute atomic E-state index is 0.282. The number of hydrogen-bond donors (Lipinski definition) is 1. The van der Waals surface area contributed by atoms with Gasteiger partial charge in [-0.1, -0.05) is 13.8 Å². The van der Waals surface area contributed by atoms with Crippen LogP contribution in [-0.4, -0.2) is 9.78 Å². The summed E-state index contributed by atoms with van der Waals surface area (Å²) in [6.07, 6.45) is 6.14. The number of aromatic nitrogens is 2. The molecule has 3 rings (SSSR count). The number of aryl methyl sites for hydroxylation is 2. The topological polar surface area (TPSA) is 43.0 Å². The van der Waals surface area contributed by atoms with Crippen molar-refractivity contribution in [3.05, 3.63) is 41.1 Å². The predicted octanol–water partition coefficient (Wildman–Crippen LogP) is 3.12. The largest absolute Gasteiger partial charge is 0.466 e. The molecule has 2 heterocycles. The van der Waals surface area contributed by atoms with Gasteiger partial charge in [0.2, 0.25) is 0 Å². The Morgan fingerprint density at radius 2 is 2.30 bits per heavy atom. The van der Waals surface area contributed by atoms with Gasteiger partial charge in [-0.05, 0) is 24.8 Å². The molecule has 1 atom stereocenters. The van der Waals surface area contributed by atoms with Crippen LogP contribution in [0.2, 0.25) is 0 Å². The summed E-state index contributed by atoms with van der Waals surface area (Å²) in [5.41, 5.74) is 2.84. The van der Waals surface area contributed by atoms with Crippen molar-refractivity contribution >= 4 is 0 Å². The highest BCUT2D eigenvalue weighted by Gasteiger charge is 2.34. The van der Waals surface area contributed by atoms with Crippen LogP contribution in [0, 0.1) is 12.3 Å². The van der Waals surface area contributed by atoms with Crippen LogP contribution in [0.25, 0.3) is 0 Å². The summed E-state index contributed by atoms with van der Waals surface area (Å²) < 4.78 is 7.71. The van der Waals surface area contributed by atoms with E-state index in [2.05, 4.69) is 36.5 Å². The molecule has 0 saturated carbocycles. The minimum atomic E-state index is 0.282.